The molecule has 0 aliphatic carbocycles. The number of carbonyl (C=O) groups excluding carboxylic acids is 1. The molecule has 0 aliphatic rings. The van der Waals surface area contributed by atoms with Crippen LogP contribution >= 0.6 is 0 Å². The fourth-order valence-corrected chi connectivity index (χ4v) is 1.37. The Morgan fingerprint density at radius 2 is 2.06 bits per heavy atom. The second kappa shape index (κ2) is 4.69. The predicted octanol–water partition coefficient (Wildman–Crippen LogP) is 0.0276. The molecule has 5 N–H and O–H groups in total. The second-order valence-electron chi connectivity index (χ2n) is 3.52. The summed E-state index contributed by atoms with van der Waals surface area (Å²) >= 11 is 0. The van der Waals surface area contributed by atoms with Crippen LogP contribution in [0.25, 0.3) is 0 Å². The molecule has 0 unspecified atom stereocenters. The van der Waals surface area contributed by atoms with Gasteiger partial charge in [-0.15, -0.1) is 0 Å². The van der Waals surface area contributed by atoms with Crippen LogP contribution in [0.1, 0.15) is 10.4 Å². The van der Waals surface area contributed by atoms with Crippen molar-refractivity contribution in [1.29, 1.82) is 0 Å². The number of likely N-dealkylation sites (N-methyl/N-ethyl adjacent to an activating group) is 1. The summed E-state index contributed by atoms with van der Waals surface area (Å²) in [6, 6.07) is 1.96. The lowest BCUT2D eigenvalue weighted by atomic mass is 10.1. The van der Waals surface area contributed by atoms with E-state index >= 15 is 0 Å². The van der Waals surface area contributed by atoms with Gasteiger partial charge in [0.15, 0.2) is 0 Å². The summed E-state index contributed by atoms with van der Waals surface area (Å²) in [6.45, 7) is -0.222. The fourth-order valence-electron chi connectivity index (χ4n) is 1.37. The number of primary amides is 1. The first-order chi connectivity index (χ1) is 7.82. The van der Waals surface area contributed by atoms with Gasteiger partial charge >= 0.3 is 5.97 Å². The molecular weight excluding hydrogens is 229 g/mol. The van der Waals surface area contributed by atoms with Crippen molar-refractivity contribution >= 4 is 23.3 Å². The van der Waals surface area contributed by atoms with Gasteiger partial charge in [0, 0.05) is 12.7 Å². The molecule has 17 heavy (non-hydrogen) atoms. The number of carboxylic acids is 1. The quantitative estimate of drug-likeness (QED) is 0.644. The van der Waals surface area contributed by atoms with Crippen molar-refractivity contribution in [2.24, 2.45) is 5.73 Å². The molecule has 1 amide bonds. The molecule has 0 aliphatic heterocycles. The van der Waals surface area contributed by atoms with Gasteiger partial charge in [-0.3, -0.25) is 4.79 Å². The summed E-state index contributed by atoms with van der Waals surface area (Å²) in [6.07, 6.45) is 0. The number of halogens is 1. The number of carbonyl (C=O) groups is 2. The molecule has 0 fully saturated rings. The third-order valence-corrected chi connectivity index (χ3v) is 2.15. The SMILES string of the molecule is CN(CC(N)=O)c1cc(C(=O)O)c(N)cc1F. The maximum atomic E-state index is 13.5. The molecule has 6 nitrogen and oxygen atoms in total. The van der Waals surface area contributed by atoms with Crippen molar-refractivity contribution in [2.45, 2.75) is 0 Å². The van der Waals surface area contributed by atoms with Crippen LogP contribution in [0.15, 0.2) is 12.1 Å². The largest absolute Gasteiger partial charge is 0.478 e. The highest BCUT2D eigenvalue weighted by molar-refractivity contribution is 5.95. The summed E-state index contributed by atoms with van der Waals surface area (Å²) in [5.74, 6) is -2.63. The third kappa shape index (κ3) is 2.83. The van der Waals surface area contributed by atoms with E-state index in [4.69, 9.17) is 16.6 Å². The highest BCUT2D eigenvalue weighted by Crippen LogP contribution is 2.24. The van der Waals surface area contributed by atoms with Crippen LogP contribution in [0.3, 0.4) is 0 Å². The van der Waals surface area contributed by atoms with E-state index in [-0.39, 0.29) is 23.5 Å². The fraction of sp³-hybridized carbons (Fsp3) is 0.200. The Morgan fingerprint density at radius 3 is 2.53 bits per heavy atom. The van der Waals surface area contributed by atoms with Crippen LogP contribution in [-0.2, 0) is 4.79 Å². The first kappa shape index (κ1) is 12.8. The van der Waals surface area contributed by atoms with E-state index in [9.17, 15) is 14.0 Å². The number of hydrogen-bond donors (Lipinski definition) is 3. The van der Waals surface area contributed by atoms with Gasteiger partial charge in [-0.25, -0.2) is 9.18 Å². The first-order valence-electron chi connectivity index (χ1n) is 4.64. The topological polar surface area (TPSA) is 110 Å². The van der Waals surface area contributed by atoms with Gasteiger partial charge in [0.1, 0.15) is 5.82 Å². The molecule has 0 heterocycles. The van der Waals surface area contributed by atoms with Gasteiger partial charge in [-0.1, -0.05) is 0 Å². The van der Waals surface area contributed by atoms with Crippen LogP contribution in [0.2, 0.25) is 0 Å². The number of hydrogen-bond acceptors (Lipinski definition) is 4. The average molecular weight is 241 g/mol. The summed E-state index contributed by atoms with van der Waals surface area (Å²) < 4.78 is 13.5. The lowest BCUT2D eigenvalue weighted by Gasteiger charge is -2.19. The Labute approximate surface area is 96.6 Å². The third-order valence-electron chi connectivity index (χ3n) is 2.15. The molecular formula is C10H12FN3O3. The number of anilines is 2. The van der Waals surface area contributed by atoms with Crippen molar-refractivity contribution < 1.29 is 19.1 Å². The highest BCUT2D eigenvalue weighted by Gasteiger charge is 2.16. The monoisotopic (exact) mass is 241 g/mol. The standard InChI is InChI=1S/C10H12FN3O3/c1-14(4-9(13)15)8-2-5(10(16)17)7(12)3-6(8)11/h2-3H,4,12H2,1H3,(H2,13,15)(H,16,17). The molecule has 0 atom stereocenters. The van der Waals surface area contributed by atoms with E-state index in [1.807, 2.05) is 0 Å². The number of nitrogens with two attached hydrogens (primary N) is 2. The molecule has 0 aromatic heterocycles. The molecule has 0 spiro atoms. The van der Waals surface area contributed by atoms with Crippen molar-refractivity contribution in [3.8, 4) is 0 Å². The molecule has 92 valence electrons. The zero-order chi connectivity index (χ0) is 13.2. The van der Waals surface area contributed by atoms with E-state index < -0.39 is 17.7 Å². The summed E-state index contributed by atoms with van der Waals surface area (Å²) in [4.78, 5) is 22.7. The Bertz CT molecular complexity index is 476. The molecule has 1 aromatic carbocycles. The minimum absolute atomic E-state index is 0.0459. The Morgan fingerprint density at radius 1 is 1.47 bits per heavy atom. The molecule has 0 radical (unpaired) electrons. The summed E-state index contributed by atoms with van der Waals surface area (Å²) in [7, 11) is 1.42. The number of amides is 1. The zero-order valence-electron chi connectivity index (χ0n) is 9.11. The maximum absolute atomic E-state index is 13.5. The van der Waals surface area contributed by atoms with Gasteiger partial charge in [0.25, 0.3) is 0 Å². The van der Waals surface area contributed by atoms with Crippen LogP contribution in [0.4, 0.5) is 15.8 Å². The first-order valence-corrected chi connectivity index (χ1v) is 4.64. The van der Waals surface area contributed by atoms with E-state index in [1.165, 1.54) is 11.9 Å². The number of rotatable bonds is 4. The molecule has 7 heteroatoms. The Balaban J connectivity index is 3.19. The minimum Gasteiger partial charge on any atom is -0.478 e. The van der Waals surface area contributed by atoms with E-state index in [0.717, 1.165) is 12.1 Å². The maximum Gasteiger partial charge on any atom is 0.337 e. The van der Waals surface area contributed by atoms with Gasteiger partial charge < -0.3 is 21.5 Å². The molecule has 0 saturated carbocycles. The normalized spacial score (nSPS) is 10.0. The molecule has 1 rings (SSSR count). The predicted molar refractivity (Wildman–Crippen MR) is 60.2 cm³/mol. The minimum atomic E-state index is -1.27. The lowest BCUT2D eigenvalue weighted by Crippen LogP contribution is -2.31. The summed E-state index contributed by atoms with van der Waals surface area (Å²) in [5.41, 5.74) is 9.88. The Kier molecular flexibility index (Phi) is 3.52. The zero-order valence-corrected chi connectivity index (χ0v) is 9.11. The van der Waals surface area contributed by atoms with Crippen LogP contribution in [0, 0.1) is 5.82 Å². The Hall–Kier alpha value is -2.31. The molecule has 1 aromatic rings. The van der Waals surface area contributed by atoms with E-state index in [1.54, 1.807) is 0 Å². The van der Waals surface area contributed by atoms with Gasteiger partial charge in [-0.2, -0.15) is 0 Å². The number of nitrogens with zero attached hydrogens (tertiary/aromatic N) is 1. The smallest absolute Gasteiger partial charge is 0.337 e. The number of aromatic carboxylic acids is 1. The van der Waals surface area contributed by atoms with Crippen molar-refractivity contribution in [3.63, 3.8) is 0 Å². The average Bonchev–Trinajstić information content (AvgIpc) is 2.15. The number of carboxylic acid groups (broad SMARTS) is 1. The van der Waals surface area contributed by atoms with Crippen molar-refractivity contribution in [3.05, 3.63) is 23.5 Å². The molecule has 0 bridgehead atoms. The van der Waals surface area contributed by atoms with Gasteiger partial charge in [-0.05, 0) is 12.1 Å². The van der Waals surface area contributed by atoms with E-state index in [0.29, 0.717) is 0 Å². The van der Waals surface area contributed by atoms with Crippen LogP contribution in [-0.4, -0.2) is 30.6 Å². The van der Waals surface area contributed by atoms with Crippen molar-refractivity contribution in [2.75, 3.05) is 24.2 Å². The second-order valence-corrected chi connectivity index (χ2v) is 3.52. The lowest BCUT2D eigenvalue weighted by molar-refractivity contribution is -0.116. The number of benzene rings is 1. The molecule has 0 saturated heterocycles. The van der Waals surface area contributed by atoms with Crippen LogP contribution < -0.4 is 16.4 Å². The summed E-state index contributed by atoms with van der Waals surface area (Å²) in [5, 5.41) is 8.83. The van der Waals surface area contributed by atoms with Crippen molar-refractivity contribution in [1.82, 2.24) is 0 Å². The van der Waals surface area contributed by atoms with Crippen LogP contribution in [0.5, 0.6) is 0 Å². The highest BCUT2D eigenvalue weighted by atomic mass is 19.1. The van der Waals surface area contributed by atoms with Gasteiger partial charge in [0.2, 0.25) is 5.91 Å². The van der Waals surface area contributed by atoms with E-state index in [2.05, 4.69) is 0 Å². The number of nitrogen functional groups attached to an aromatic ring is 1. The van der Waals surface area contributed by atoms with Gasteiger partial charge in [0.05, 0.1) is 17.8 Å².